The number of aryl methyl sites for hydroxylation is 1. The molecule has 0 aliphatic carbocycles. The molecule has 9 heteroatoms. The number of amides is 1. The highest BCUT2D eigenvalue weighted by molar-refractivity contribution is 7.92. The smallest absolute Gasteiger partial charge is 0.326 e. The number of hydrogen-bond acceptors (Lipinski definition) is 5. The van der Waals surface area contributed by atoms with E-state index < -0.39 is 22.5 Å². The number of benzene rings is 2. The molecule has 0 bridgehead atoms. The van der Waals surface area contributed by atoms with Gasteiger partial charge in [-0.25, -0.2) is 8.42 Å². The van der Waals surface area contributed by atoms with E-state index in [-0.39, 0.29) is 23.1 Å². The van der Waals surface area contributed by atoms with E-state index in [2.05, 4.69) is 5.32 Å². The van der Waals surface area contributed by atoms with Crippen LogP contribution in [0.1, 0.15) is 19.4 Å². The number of ether oxygens (including phenoxy) is 1. The van der Waals surface area contributed by atoms with Gasteiger partial charge in [-0.05, 0) is 55.8 Å². The van der Waals surface area contributed by atoms with Crippen LogP contribution >= 0.6 is 11.6 Å². The Hall–Kier alpha value is -2.58. The summed E-state index contributed by atoms with van der Waals surface area (Å²) in [4.78, 5) is 23.1. The van der Waals surface area contributed by atoms with Crippen LogP contribution in [0.2, 0.25) is 5.02 Å². The highest BCUT2D eigenvalue weighted by atomic mass is 35.5. The van der Waals surface area contributed by atoms with E-state index in [4.69, 9.17) is 16.3 Å². The second kappa shape index (κ2) is 9.07. The van der Waals surface area contributed by atoms with Crippen LogP contribution in [0.15, 0.2) is 47.4 Å². The summed E-state index contributed by atoms with van der Waals surface area (Å²) in [6, 6.07) is 10.4. The van der Waals surface area contributed by atoms with Gasteiger partial charge in [-0.2, -0.15) is 0 Å². The van der Waals surface area contributed by atoms with Crippen LogP contribution in [0.4, 0.5) is 11.4 Å². The molecular formula is C19H21ClN2O5S. The first kappa shape index (κ1) is 21.7. The Morgan fingerprint density at radius 1 is 1.14 bits per heavy atom. The van der Waals surface area contributed by atoms with Crippen molar-refractivity contribution in [1.82, 2.24) is 0 Å². The van der Waals surface area contributed by atoms with Gasteiger partial charge in [-0.3, -0.25) is 13.9 Å². The number of rotatable bonds is 7. The van der Waals surface area contributed by atoms with E-state index in [1.54, 1.807) is 26.0 Å². The predicted molar refractivity (Wildman–Crippen MR) is 108 cm³/mol. The molecule has 0 fully saturated rings. The number of nitrogens with zero attached hydrogens (tertiary/aromatic N) is 1. The average Bonchev–Trinajstić information content (AvgIpc) is 2.62. The van der Waals surface area contributed by atoms with Gasteiger partial charge in [0.1, 0.15) is 6.54 Å². The number of esters is 1. The molecule has 150 valence electrons. The van der Waals surface area contributed by atoms with Crippen molar-refractivity contribution in [3.8, 4) is 0 Å². The molecule has 1 N–H and O–H groups in total. The Kier molecular flexibility index (Phi) is 7.04. The zero-order valence-corrected chi connectivity index (χ0v) is 17.3. The van der Waals surface area contributed by atoms with Crippen molar-refractivity contribution >= 4 is 44.9 Å². The van der Waals surface area contributed by atoms with Crippen LogP contribution in [0, 0.1) is 6.92 Å². The summed E-state index contributed by atoms with van der Waals surface area (Å²) in [7, 11) is -4.08. The van der Waals surface area contributed by atoms with E-state index in [1.165, 1.54) is 37.3 Å². The topological polar surface area (TPSA) is 92.8 Å². The summed E-state index contributed by atoms with van der Waals surface area (Å²) in [6.07, 6.45) is 0. The summed E-state index contributed by atoms with van der Waals surface area (Å²) in [5.41, 5.74) is 1.48. The quantitative estimate of drug-likeness (QED) is 0.688. The van der Waals surface area contributed by atoms with Crippen LogP contribution in [0.3, 0.4) is 0 Å². The number of nitrogens with one attached hydrogen (secondary N) is 1. The lowest BCUT2D eigenvalue weighted by atomic mass is 10.2. The predicted octanol–water partition coefficient (Wildman–Crippen LogP) is 3.37. The number of anilines is 2. The van der Waals surface area contributed by atoms with Gasteiger partial charge >= 0.3 is 5.97 Å². The maximum atomic E-state index is 13.2. The molecule has 0 aliphatic heterocycles. The highest BCUT2D eigenvalue weighted by Gasteiger charge is 2.28. The third-order valence-corrected chi connectivity index (χ3v) is 5.98. The number of hydrogen-bond donors (Lipinski definition) is 1. The van der Waals surface area contributed by atoms with E-state index >= 15 is 0 Å². The van der Waals surface area contributed by atoms with Gasteiger partial charge in [0, 0.05) is 17.6 Å². The van der Waals surface area contributed by atoms with Crippen molar-refractivity contribution < 1.29 is 22.7 Å². The van der Waals surface area contributed by atoms with Crippen molar-refractivity contribution in [2.75, 3.05) is 22.8 Å². The zero-order valence-electron chi connectivity index (χ0n) is 15.7. The van der Waals surface area contributed by atoms with Crippen LogP contribution in [-0.2, 0) is 24.3 Å². The molecule has 1 amide bonds. The largest absolute Gasteiger partial charge is 0.465 e. The van der Waals surface area contributed by atoms with Crippen molar-refractivity contribution in [1.29, 1.82) is 0 Å². The average molecular weight is 425 g/mol. The minimum atomic E-state index is -4.08. The first-order valence-corrected chi connectivity index (χ1v) is 10.3. The molecule has 0 aliphatic rings. The van der Waals surface area contributed by atoms with E-state index in [9.17, 15) is 18.0 Å². The van der Waals surface area contributed by atoms with Crippen molar-refractivity contribution in [3.05, 3.63) is 53.1 Å². The summed E-state index contributed by atoms with van der Waals surface area (Å²) in [5, 5.41) is 2.95. The Labute approximate surface area is 169 Å². The molecule has 0 radical (unpaired) electrons. The third kappa shape index (κ3) is 5.24. The van der Waals surface area contributed by atoms with Crippen LogP contribution < -0.4 is 9.62 Å². The molecule has 0 unspecified atom stereocenters. The van der Waals surface area contributed by atoms with E-state index in [0.717, 1.165) is 9.87 Å². The molecule has 2 rings (SSSR count). The Balaban J connectivity index is 2.46. The lowest BCUT2D eigenvalue weighted by Gasteiger charge is -2.24. The SMILES string of the molecule is CCOC(=O)CN(c1ccc(C)c(Cl)c1)S(=O)(=O)c1ccc(NC(C)=O)cc1. The molecule has 7 nitrogen and oxygen atoms in total. The van der Waals surface area contributed by atoms with Crippen LogP contribution in [0.5, 0.6) is 0 Å². The van der Waals surface area contributed by atoms with Crippen LogP contribution in [-0.4, -0.2) is 33.4 Å². The van der Waals surface area contributed by atoms with Gasteiger partial charge in [0.05, 0.1) is 17.2 Å². The molecule has 0 aromatic heterocycles. The first-order valence-electron chi connectivity index (χ1n) is 8.47. The summed E-state index contributed by atoms with van der Waals surface area (Å²) in [6.45, 7) is 4.42. The molecule has 0 heterocycles. The second-order valence-electron chi connectivity index (χ2n) is 5.96. The summed E-state index contributed by atoms with van der Waals surface area (Å²) < 4.78 is 32.2. The monoisotopic (exact) mass is 424 g/mol. The van der Waals surface area contributed by atoms with Gasteiger partial charge in [0.25, 0.3) is 10.0 Å². The van der Waals surface area contributed by atoms with Crippen molar-refractivity contribution in [3.63, 3.8) is 0 Å². The maximum absolute atomic E-state index is 13.2. The first-order chi connectivity index (χ1) is 13.1. The molecule has 2 aromatic rings. The maximum Gasteiger partial charge on any atom is 0.326 e. The van der Waals surface area contributed by atoms with Gasteiger partial charge in [0.2, 0.25) is 5.91 Å². The fourth-order valence-corrected chi connectivity index (χ4v) is 3.99. The minimum absolute atomic E-state index is 0.0393. The fourth-order valence-electron chi connectivity index (χ4n) is 2.42. The van der Waals surface area contributed by atoms with Crippen molar-refractivity contribution in [2.45, 2.75) is 25.7 Å². The molecular weight excluding hydrogens is 404 g/mol. The second-order valence-corrected chi connectivity index (χ2v) is 8.23. The van der Waals surface area contributed by atoms with E-state index in [1.807, 2.05) is 0 Å². The molecule has 0 atom stereocenters. The van der Waals surface area contributed by atoms with Gasteiger partial charge in [-0.15, -0.1) is 0 Å². The molecule has 0 saturated heterocycles. The fraction of sp³-hybridized carbons (Fsp3) is 0.263. The lowest BCUT2D eigenvalue weighted by molar-refractivity contribution is -0.141. The third-order valence-electron chi connectivity index (χ3n) is 3.78. The normalized spacial score (nSPS) is 11.0. The van der Waals surface area contributed by atoms with Gasteiger partial charge < -0.3 is 10.1 Å². The summed E-state index contributed by atoms with van der Waals surface area (Å²) >= 11 is 6.14. The van der Waals surface area contributed by atoms with Gasteiger partial charge in [-0.1, -0.05) is 17.7 Å². The van der Waals surface area contributed by atoms with Gasteiger partial charge in [0.15, 0.2) is 0 Å². The van der Waals surface area contributed by atoms with Crippen LogP contribution in [0.25, 0.3) is 0 Å². The summed E-state index contributed by atoms with van der Waals surface area (Å²) in [5.74, 6) is -0.952. The number of halogens is 1. The molecule has 0 saturated carbocycles. The lowest BCUT2D eigenvalue weighted by Crippen LogP contribution is -2.36. The zero-order chi connectivity index (χ0) is 20.9. The Morgan fingerprint density at radius 3 is 2.32 bits per heavy atom. The molecule has 2 aromatic carbocycles. The minimum Gasteiger partial charge on any atom is -0.465 e. The standard InChI is InChI=1S/C19H21ClN2O5S/c1-4-27-19(24)12-22(16-8-5-13(2)18(20)11-16)28(25,26)17-9-6-15(7-10-17)21-14(3)23/h5-11H,4,12H2,1-3H3,(H,21,23). The number of sulfonamides is 1. The molecule has 0 spiro atoms. The van der Waals surface area contributed by atoms with Crippen molar-refractivity contribution in [2.24, 2.45) is 0 Å². The Morgan fingerprint density at radius 2 is 1.79 bits per heavy atom. The number of carbonyl (C=O) groups is 2. The Bertz CT molecular complexity index is 974. The molecule has 28 heavy (non-hydrogen) atoms. The van der Waals surface area contributed by atoms with E-state index in [0.29, 0.717) is 10.7 Å². The number of carbonyl (C=O) groups excluding carboxylic acids is 2. The highest BCUT2D eigenvalue weighted by Crippen LogP contribution is 2.28.